The van der Waals surface area contributed by atoms with E-state index in [0.29, 0.717) is 6.42 Å². The molecule has 0 aliphatic carbocycles. The summed E-state index contributed by atoms with van der Waals surface area (Å²) in [5, 5.41) is 6.85. The number of aryl methyl sites for hydroxylation is 3. The molecule has 11 aromatic rings. The molecular formula is C64H58N3O2+3. The van der Waals surface area contributed by atoms with Crippen molar-refractivity contribution in [2.45, 2.75) is 44.6 Å². The fraction of sp³-hybridized carbons (Fsp3) is 0.172. The number of aromatic nitrogens is 3. The van der Waals surface area contributed by atoms with Crippen molar-refractivity contribution < 1.29 is 22.9 Å². The maximum absolute atomic E-state index is 7.41. The van der Waals surface area contributed by atoms with E-state index in [0.717, 1.165) is 67.2 Å². The summed E-state index contributed by atoms with van der Waals surface area (Å²) in [7, 11) is 8.37. The predicted octanol–water partition coefficient (Wildman–Crippen LogP) is 13.0. The van der Waals surface area contributed by atoms with Crippen LogP contribution in [-0.4, -0.2) is 7.11 Å². The van der Waals surface area contributed by atoms with Crippen molar-refractivity contribution in [3.05, 3.63) is 245 Å². The molecule has 11 rings (SSSR count). The van der Waals surface area contributed by atoms with Crippen LogP contribution >= 0.6 is 0 Å². The number of methoxy groups -OCH3 is 1. The summed E-state index contributed by atoms with van der Waals surface area (Å²) >= 11 is 0. The molecule has 69 heavy (non-hydrogen) atoms. The fourth-order valence-corrected chi connectivity index (χ4v) is 11.5. The second kappa shape index (κ2) is 17.4. The average Bonchev–Trinajstić information content (AvgIpc) is 3.75. The van der Waals surface area contributed by atoms with Crippen LogP contribution in [0.15, 0.2) is 205 Å². The van der Waals surface area contributed by atoms with Crippen LogP contribution in [0.5, 0.6) is 0 Å². The van der Waals surface area contributed by atoms with E-state index in [-0.39, 0.29) is 5.41 Å². The molecule has 4 aromatic heterocycles. The van der Waals surface area contributed by atoms with Crippen LogP contribution in [0.25, 0.3) is 65.9 Å². The van der Waals surface area contributed by atoms with Crippen LogP contribution in [0, 0.1) is 13.8 Å². The lowest BCUT2D eigenvalue weighted by atomic mass is 9.73. The van der Waals surface area contributed by atoms with Gasteiger partial charge in [0.25, 0.3) is 0 Å². The first-order chi connectivity index (χ1) is 33.6. The van der Waals surface area contributed by atoms with E-state index < -0.39 is 5.60 Å². The number of hydrogen-bond acceptors (Lipinski definition) is 2. The Morgan fingerprint density at radius 3 is 1.93 bits per heavy atom. The first-order valence-electron chi connectivity index (χ1n) is 24.0. The summed E-state index contributed by atoms with van der Waals surface area (Å²) in [6.07, 6.45) is 5.63. The maximum Gasteiger partial charge on any atom is 0.218 e. The molecule has 2 unspecified atom stereocenters. The highest BCUT2D eigenvalue weighted by Gasteiger charge is 2.43. The highest BCUT2D eigenvalue weighted by atomic mass is 16.5. The molecule has 0 N–H and O–H groups in total. The van der Waals surface area contributed by atoms with Gasteiger partial charge >= 0.3 is 0 Å². The van der Waals surface area contributed by atoms with E-state index in [1.807, 2.05) is 7.11 Å². The van der Waals surface area contributed by atoms with Gasteiger partial charge < -0.3 is 9.15 Å². The molecule has 0 amide bonds. The second-order valence-corrected chi connectivity index (χ2v) is 19.2. The van der Waals surface area contributed by atoms with Gasteiger partial charge in [0.2, 0.25) is 11.4 Å². The minimum atomic E-state index is -0.853. The van der Waals surface area contributed by atoms with Gasteiger partial charge in [-0.25, -0.2) is 9.13 Å². The van der Waals surface area contributed by atoms with Gasteiger partial charge in [-0.3, -0.25) is 0 Å². The first kappa shape index (κ1) is 43.8. The molecule has 2 atom stereocenters. The quantitative estimate of drug-likeness (QED) is 0.0957. The number of rotatable bonds is 11. The molecule has 5 heteroatoms. The topological polar surface area (TPSA) is 34.0 Å². The first-order valence-corrected chi connectivity index (χ1v) is 24.0. The Labute approximate surface area is 405 Å². The third-order valence-electron chi connectivity index (χ3n) is 15.2. The van der Waals surface area contributed by atoms with Gasteiger partial charge in [0.15, 0.2) is 29.4 Å². The Hall–Kier alpha value is -7.73. The van der Waals surface area contributed by atoms with Crippen LogP contribution in [0.3, 0.4) is 0 Å². The van der Waals surface area contributed by atoms with Gasteiger partial charge in [0.1, 0.15) is 32.3 Å². The zero-order valence-electron chi connectivity index (χ0n) is 40.6. The lowest BCUT2D eigenvalue weighted by Crippen LogP contribution is -2.46. The molecule has 0 aliphatic rings. The Bertz CT molecular complexity index is 3690. The molecule has 338 valence electrons. The van der Waals surface area contributed by atoms with Gasteiger partial charge in [-0.05, 0) is 100 Å². The van der Waals surface area contributed by atoms with Crippen LogP contribution in [0.1, 0.15) is 51.8 Å². The van der Waals surface area contributed by atoms with Crippen molar-refractivity contribution in [2.24, 2.45) is 21.1 Å². The summed E-state index contributed by atoms with van der Waals surface area (Å²) in [4.78, 5) is 0. The summed E-state index contributed by atoms with van der Waals surface area (Å²) in [5.41, 5.74) is 14.7. The molecule has 4 heterocycles. The van der Waals surface area contributed by atoms with E-state index in [4.69, 9.17) is 9.15 Å². The lowest BCUT2D eigenvalue weighted by Gasteiger charge is -2.32. The van der Waals surface area contributed by atoms with Gasteiger partial charge in [0.05, 0.1) is 17.4 Å². The standard InChI is InChI=1S/C64H58N3O2/c1-43-20-11-14-26-55(43)63(3,57-28-15-17-38-65(57)4)42-51-24-19-27-56(67(51)6)59-44(2)49(40-54-53-37-34-48-31-30-47-23-12-13-25-52(47)60(48)61(53)69-62(54)59)41-64(68-7,58-29-16-18-39-66(58)5)50-35-32-46(33-36-50)45-21-9-8-10-22-45/h8-40H,41-42H2,1-7H3/q+3. The Morgan fingerprint density at radius 1 is 0.536 bits per heavy atom. The minimum absolute atomic E-state index is 0.345. The summed E-state index contributed by atoms with van der Waals surface area (Å²) in [5.74, 6) is 0. The molecule has 0 aliphatic heterocycles. The predicted molar refractivity (Wildman–Crippen MR) is 280 cm³/mol. The van der Waals surface area contributed by atoms with Gasteiger partial charge in [-0.15, -0.1) is 0 Å². The SMILES string of the molecule is COC(Cc1cc2c(oc3c2ccc2ccc4ccccc4c23)c(-c2cccc(CC(C)(c3ccccc3C)c3cccc[n+]3C)[n+]2C)c1C)(c1ccc(-c2ccccc2)cc1)c1cccc[n+]1C. The number of nitrogens with zero attached hydrogens (tertiary/aromatic N) is 3. The molecule has 0 saturated carbocycles. The number of fused-ring (bicyclic) bond motifs is 7. The smallest absolute Gasteiger partial charge is 0.218 e. The molecule has 0 saturated heterocycles. The molecule has 0 bridgehead atoms. The molecule has 0 radical (unpaired) electrons. The average molecular weight is 901 g/mol. The highest BCUT2D eigenvalue weighted by Crippen LogP contribution is 2.46. The monoisotopic (exact) mass is 900 g/mol. The van der Waals surface area contributed by atoms with Gasteiger partial charge in [-0.1, -0.05) is 127 Å². The lowest BCUT2D eigenvalue weighted by molar-refractivity contribution is -0.685. The normalized spacial score (nSPS) is 13.6. The van der Waals surface area contributed by atoms with Crippen LogP contribution in [0.2, 0.25) is 0 Å². The highest BCUT2D eigenvalue weighted by molar-refractivity contribution is 6.24. The number of hydrogen-bond donors (Lipinski definition) is 0. The Morgan fingerprint density at radius 2 is 1.19 bits per heavy atom. The fourth-order valence-electron chi connectivity index (χ4n) is 11.5. The molecular weight excluding hydrogens is 843 g/mol. The van der Waals surface area contributed by atoms with Crippen molar-refractivity contribution in [2.75, 3.05) is 7.11 Å². The van der Waals surface area contributed by atoms with Gasteiger partial charge in [0, 0.05) is 66.1 Å². The molecule has 0 spiro atoms. The number of benzene rings is 7. The van der Waals surface area contributed by atoms with Crippen molar-refractivity contribution in [1.29, 1.82) is 0 Å². The third-order valence-corrected chi connectivity index (χ3v) is 15.2. The van der Waals surface area contributed by atoms with Crippen LogP contribution in [-0.2, 0) is 49.7 Å². The Balaban J connectivity index is 1.17. The van der Waals surface area contributed by atoms with E-state index in [2.05, 4.69) is 256 Å². The molecule has 5 nitrogen and oxygen atoms in total. The summed E-state index contributed by atoms with van der Waals surface area (Å²) in [6.45, 7) is 6.92. The van der Waals surface area contributed by atoms with E-state index in [9.17, 15) is 0 Å². The summed E-state index contributed by atoms with van der Waals surface area (Å²) in [6, 6.07) is 68.1. The van der Waals surface area contributed by atoms with Crippen LogP contribution in [0.4, 0.5) is 0 Å². The van der Waals surface area contributed by atoms with Crippen molar-refractivity contribution in [3.8, 4) is 22.4 Å². The van der Waals surface area contributed by atoms with Crippen molar-refractivity contribution in [3.63, 3.8) is 0 Å². The van der Waals surface area contributed by atoms with E-state index in [1.165, 1.54) is 50.0 Å². The maximum atomic E-state index is 7.41. The zero-order valence-corrected chi connectivity index (χ0v) is 40.6. The summed E-state index contributed by atoms with van der Waals surface area (Å²) < 4.78 is 21.3. The van der Waals surface area contributed by atoms with E-state index >= 15 is 0 Å². The number of pyridine rings is 3. The largest absolute Gasteiger partial charge is 0.454 e. The van der Waals surface area contributed by atoms with Crippen molar-refractivity contribution >= 4 is 43.5 Å². The minimum Gasteiger partial charge on any atom is -0.454 e. The Kier molecular flexibility index (Phi) is 11.1. The van der Waals surface area contributed by atoms with Gasteiger partial charge in [-0.2, -0.15) is 4.57 Å². The zero-order chi connectivity index (χ0) is 47.4. The number of ether oxygens (including phenoxy) is 1. The third kappa shape index (κ3) is 7.31. The van der Waals surface area contributed by atoms with Crippen LogP contribution < -0.4 is 13.7 Å². The van der Waals surface area contributed by atoms with Crippen molar-refractivity contribution in [1.82, 2.24) is 0 Å². The molecule has 7 aromatic carbocycles. The van der Waals surface area contributed by atoms with E-state index in [1.54, 1.807) is 0 Å². The molecule has 0 fully saturated rings. The number of furan rings is 1. The second-order valence-electron chi connectivity index (χ2n) is 19.2.